The minimum atomic E-state index is -0.0934. The molecule has 130 valence electrons. The Balaban J connectivity index is 2.08. The summed E-state index contributed by atoms with van der Waals surface area (Å²) in [5, 5.41) is 4.78. The van der Waals surface area contributed by atoms with Crippen LogP contribution in [0.2, 0.25) is 15.1 Å². The predicted molar refractivity (Wildman–Crippen MR) is 104 cm³/mol. The van der Waals surface area contributed by atoms with Gasteiger partial charge in [0, 0.05) is 29.4 Å². The zero-order valence-corrected chi connectivity index (χ0v) is 15.8. The highest BCUT2D eigenvalue weighted by Crippen LogP contribution is 2.33. The summed E-state index contributed by atoms with van der Waals surface area (Å²) in [4.78, 5) is 21.0. The smallest absolute Gasteiger partial charge is 0.252 e. The van der Waals surface area contributed by atoms with Crippen molar-refractivity contribution >= 4 is 57.5 Å². The van der Waals surface area contributed by atoms with Gasteiger partial charge < -0.3 is 5.32 Å². The molecule has 1 unspecified atom stereocenters. The fourth-order valence-electron chi connectivity index (χ4n) is 2.46. The first-order valence-corrected chi connectivity index (χ1v) is 8.84. The van der Waals surface area contributed by atoms with Crippen molar-refractivity contribution in [2.45, 2.75) is 26.3 Å². The third-order valence-electron chi connectivity index (χ3n) is 3.94. The Hall–Kier alpha value is -1.82. The second-order valence-electron chi connectivity index (χ2n) is 5.65. The predicted octanol–water partition coefficient (Wildman–Crippen LogP) is 5.47. The molecule has 0 radical (unpaired) electrons. The number of aromatic nitrogens is 3. The minimum Gasteiger partial charge on any atom is -0.324 e. The van der Waals surface area contributed by atoms with E-state index in [4.69, 9.17) is 34.8 Å². The number of anilines is 2. The number of fused-ring (bicyclic) bond motifs is 1. The van der Waals surface area contributed by atoms with Crippen LogP contribution >= 0.6 is 34.8 Å². The lowest BCUT2D eigenvalue weighted by molar-refractivity contribution is 0.528. The molecule has 1 atom stereocenters. The molecule has 25 heavy (non-hydrogen) atoms. The molecule has 0 aliphatic carbocycles. The lowest BCUT2D eigenvalue weighted by Gasteiger charge is -2.16. The first-order valence-electron chi connectivity index (χ1n) is 7.70. The number of hydrogen-bond acceptors (Lipinski definition) is 4. The molecule has 0 saturated heterocycles. The maximum Gasteiger partial charge on any atom is 0.252 e. The molecule has 0 saturated carbocycles. The molecule has 3 aromatic rings. The molecular formula is C17H15Cl3N4O. The number of nitrogens with one attached hydrogen (secondary N) is 1. The summed E-state index contributed by atoms with van der Waals surface area (Å²) in [6, 6.07) is 6.55. The summed E-state index contributed by atoms with van der Waals surface area (Å²) in [5.74, 6) is 0.338. The average Bonchev–Trinajstić information content (AvgIpc) is 2.58. The number of nitrogens with zero attached hydrogens (tertiary/aromatic N) is 3. The Morgan fingerprint density at radius 1 is 1.20 bits per heavy atom. The molecule has 5 nitrogen and oxygen atoms in total. The molecule has 0 spiro atoms. The normalized spacial score (nSPS) is 12.4. The summed E-state index contributed by atoms with van der Waals surface area (Å²) >= 11 is 18.0. The zero-order valence-electron chi connectivity index (χ0n) is 13.6. The summed E-state index contributed by atoms with van der Waals surface area (Å²) in [6.07, 6.45) is 2.48. The van der Waals surface area contributed by atoms with E-state index in [1.54, 1.807) is 29.0 Å². The van der Waals surface area contributed by atoms with Gasteiger partial charge >= 0.3 is 0 Å². The van der Waals surface area contributed by atoms with E-state index in [0.29, 0.717) is 32.4 Å². The van der Waals surface area contributed by atoms with Gasteiger partial charge in [-0.1, -0.05) is 41.7 Å². The van der Waals surface area contributed by atoms with Crippen molar-refractivity contribution in [3.05, 3.63) is 55.9 Å². The van der Waals surface area contributed by atoms with E-state index in [1.165, 1.54) is 6.07 Å². The first kappa shape index (κ1) is 18.0. The molecule has 2 aromatic heterocycles. The SMILES string of the molecule is CCC(C)n1c(=O)ccc2cnc(Nc3cc(Cl)c(Cl)c(Cl)c3)nc21. The summed E-state index contributed by atoms with van der Waals surface area (Å²) < 4.78 is 1.67. The third-order valence-corrected chi connectivity index (χ3v) is 5.14. The fourth-order valence-corrected chi connectivity index (χ4v) is 3.06. The maximum absolute atomic E-state index is 12.3. The number of rotatable bonds is 4. The topological polar surface area (TPSA) is 59.8 Å². The highest BCUT2D eigenvalue weighted by molar-refractivity contribution is 6.48. The van der Waals surface area contributed by atoms with Crippen LogP contribution in [0.3, 0.4) is 0 Å². The quantitative estimate of drug-likeness (QED) is 0.593. The van der Waals surface area contributed by atoms with Crippen molar-refractivity contribution in [2.75, 3.05) is 5.32 Å². The molecule has 3 rings (SSSR count). The highest BCUT2D eigenvalue weighted by Gasteiger charge is 2.12. The second-order valence-corrected chi connectivity index (χ2v) is 6.84. The highest BCUT2D eigenvalue weighted by atomic mass is 35.5. The van der Waals surface area contributed by atoms with Gasteiger partial charge in [-0.3, -0.25) is 9.36 Å². The van der Waals surface area contributed by atoms with E-state index < -0.39 is 0 Å². The Morgan fingerprint density at radius 2 is 1.88 bits per heavy atom. The molecule has 0 aliphatic rings. The van der Waals surface area contributed by atoms with E-state index in [1.807, 2.05) is 13.8 Å². The van der Waals surface area contributed by atoms with Crippen LogP contribution in [0.5, 0.6) is 0 Å². The van der Waals surface area contributed by atoms with E-state index in [0.717, 1.165) is 11.8 Å². The number of hydrogen-bond donors (Lipinski definition) is 1. The van der Waals surface area contributed by atoms with Gasteiger partial charge in [-0.05, 0) is 31.5 Å². The standard InChI is InChI=1S/C17H15Cl3N4O/c1-3-9(2)24-14(25)5-4-10-8-21-17(23-16(10)24)22-11-6-12(18)15(20)13(19)7-11/h4-9H,3H2,1-2H3,(H,21,22,23). The first-order chi connectivity index (χ1) is 11.9. The van der Waals surface area contributed by atoms with Crippen LogP contribution in [0.15, 0.2) is 35.3 Å². The molecule has 8 heteroatoms. The van der Waals surface area contributed by atoms with Gasteiger partial charge in [0.15, 0.2) is 0 Å². The van der Waals surface area contributed by atoms with Crippen LogP contribution in [-0.4, -0.2) is 14.5 Å². The van der Waals surface area contributed by atoms with Crippen LogP contribution in [0, 0.1) is 0 Å². The third kappa shape index (κ3) is 3.59. The van der Waals surface area contributed by atoms with Gasteiger partial charge in [0.2, 0.25) is 5.95 Å². The van der Waals surface area contributed by atoms with Crippen molar-refractivity contribution < 1.29 is 0 Å². The van der Waals surface area contributed by atoms with Crippen LogP contribution in [0.1, 0.15) is 26.3 Å². The van der Waals surface area contributed by atoms with Crippen molar-refractivity contribution in [1.29, 1.82) is 0 Å². The summed E-state index contributed by atoms with van der Waals surface area (Å²) in [7, 11) is 0. The Labute approximate surface area is 159 Å². The fraction of sp³-hybridized carbons (Fsp3) is 0.235. The van der Waals surface area contributed by atoms with E-state index in [9.17, 15) is 4.79 Å². The Morgan fingerprint density at radius 3 is 2.52 bits per heavy atom. The molecule has 1 aromatic carbocycles. The van der Waals surface area contributed by atoms with Crippen molar-refractivity contribution in [3.63, 3.8) is 0 Å². The molecular weight excluding hydrogens is 383 g/mol. The summed E-state index contributed by atoms with van der Waals surface area (Å²) in [5.41, 5.74) is 1.08. The molecule has 0 amide bonds. The average molecular weight is 398 g/mol. The van der Waals surface area contributed by atoms with Gasteiger partial charge in [0.25, 0.3) is 5.56 Å². The van der Waals surface area contributed by atoms with Gasteiger partial charge in [-0.25, -0.2) is 4.98 Å². The molecule has 1 N–H and O–H groups in total. The van der Waals surface area contributed by atoms with E-state index in [2.05, 4.69) is 15.3 Å². The second kappa shape index (κ2) is 7.20. The summed E-state index contributed by atoms with van der Waals surface area (Å²) in [6.45, 7) is 4.00. The molecule has 0 aliphatic heterocycles. The molecule has 0 fully saturated rings. The maximum atomic E-state index is 12.3. The number of halogens is 3. The monoisotopic (exact) mass is 396 g/mol. The van der Waals surface area contributed by atoms with Gasteiger partial charge in [0.1, 0.15) is 5.65 Å². The van der Waals surface area contributed by atoms with Crippen LogP contribution in [0.25, 0.3) is 11.0 Å². The lowest BCUT2D eigenvalue weighted by Crippen LogP contribution is -2.23. The number of pyridine rings is 1. The van der Waals surface area contributed by atoms with Gasteiger partial charge in [-0.15, -0.1) is 0 Å². The van der Waals surface area contributed by atoms with Crippen LogP contribution < -0.4 is 10.9 Å². The van der Waals surface area contributed by atoms with E-state index in [-0.39, 0.29) is 11.6 Å². The van der Waals surface area contributed by atoms with Crippen molar-refractivity contribution in [2.24, 2.45) is 0 Å². The Bertz CT molecular complexity index is 980. The van der Waals surface area contributed by atoms with Crippen molar-refractivity contribution in [1.82, 2.24) is 14.5 Å². The van der Waals surface area contributed by atoms with Gasteiger partial charge in [-0.2, -0.15) is 4.98 Å². The molecule has 0 bridgehead atoms. The lowest BCUT2D eigenvalue weighted by atomic mass is 10.2. The van der Waals surface area contributed by atoms with Gasteiger partial charge in [0.05, 0.1) is 15.1 Å². The van der Waals surface area contributed by atoms with Crippen LogP contribution in [-0.2, 0) is 0 Å². The van der Waals surface area contributed by atoms with Crippen molar-refractivity contribution in [3.8, 4) is 0 Å². The molecule has 2 heterocycles. The largest absolute Gasteiger partial charge is 0.324 e. The zero-order chi connectivity index (χ0) is 18.1. The van der Waals surface area contributed by atoms with E-state index >= 15 is 0 Å². The Kier molecular flexibility index (Phi) is 5.18. The minimum absolute atomic E-state index is 0.0263. The van der Waals surface area contributed by atoms with Crippen LogP contribution in [0.4, 0.5) is 11.6 Å². The number of benzene rings is 1.